The van der Waals surface area contributed by atoms with Crippen molar-refractivity contribution in [1.29, 1.82) is 0 Å². The molecule has 0 aliphatic rings. The van der Waals surface area contributed by atoms with E-state index >= 15 is 0 Å². The number of ether oxygens (including phenoxy) is 1. The molecule has 2 aromatic heterocycles. The summed E-state index contributed by atoms with van der Waals surface area (Å²) in [5.74, 6) is -0.337. The van der Waals surface area contributed by atoms with Crippen LogP contribution in [0.4, 0.5) is 5.82 Å². The Balaban J connectivity index is 1.58. The van der Waals surface area contributed by atoms with Gasteiger partial charge in [0.25, 0.3) is 5.91 Å². The van der Waals surface area contributed by atoms with Crippen molar-refractivity contribution in [2.45, 2.75) is 6.92 Å². The molecule has 0 radical (unpaired) electrons. The molecule has 8 heteroatoms. The van der Waals surface area contributed by atoms with Crippen LogP contribution in [0.5, 0.6) is 0 Å². The number of para-hydroxylation sites is 1. The van der Waals surface area contributed by atoms with E-state index in [1.807, 2.05) is 30.3 Å². The quantitative estimate of drug-likeness (QED) is 0.471. The van der Waals surface area contributed by atoms with E-state index in [1.165, 1.54) is 0 Å². The van der Waals surface area contributed by atoms with Crippen LogP contribution in [-0.4, -0.2) is 28.6 Å². The van der Waals surface area contributed by atoms with E-state index in [-0.39, 0.29) is 5.82 Å². The number of anilines is 1. The number of aryl methyl sites for hydroxylation is 1. The lowest BCUT2D eigenvalue weighted by atomic mass is 10.0. The maximum Gasteiger partial charge on any atom is 0.339 e. The minimum atomic E-state index is -0.629. The maximum absolute atomic E-state index is 12.8. The number of carbonyl (C=O) groups excluding carboxylic acids is 2. The molecule has 0 atom stereocenters. The maximum atomic E-state index is 12.8. The third kappa shape index (κ3) is 4.31. The van der Waals surface area contributed by atoms with E-state index in [4.69, 9.17) is 20.9 Å². The van der Waals surface area contributed by atoms with Crippen molar-refractivity contribution in [3.05, 3.63) is 77.0 Å². The van der Waals surface area contributed by atoms with Gasteiger partial charge in [-0.3, -0.25) is 4.79 Å². The Labute approximate surface area is 176 Å². The molecular formula is C22H16ClN3O4. The number of halogens is 1. The molecule has 0 spiro atoms. The number of carbonyl (C=O) groups is 2. The van der Waals surface area contributed by atoms with Crippen LogP contribution in [0.25, 0.3) is 22.2 Å². The van der Waals surface area contributed by atoms with Crippen LogP contribution in [0.15, 0.2) is 65.2 Å². The molecule has 0 aliphatic carbocycles. The van der Waals surface area contributed by atoms with Gasteiger partial charge in [0, 0.05) is 22.0 Å². The first-order valence-corrected chi connectivity index (χ1v) is 9.43. The van der Waals surface area contributed by atoms with Crippen LogP contribution in [0.3, 0.4) is 0 Å². The minimum Gasteiger partial charge on any atom is -0.452 e. The number of esters is 1. The van der Waals surface area contributed by atoms with Gasteiger partial charge in [0.05, 0.1) is 16.8 Å². The van der Waals surface area contributed by atoms with Crippen LogP contribution in [0.2, 0.25) is 5.02 Å². The van der Waals surface area contributed by atoms with Crippen LogP contribution >= 0.6 is 11.6 Å². The number of amides is 1. The number of nitrogens with zero attached hydrogens (tertiary/aromatic N) is 2. The van der Waals surface area contributed by atoms with Gasteiger partial charge >= 0.3 is 5.97 Å². The number of fused-ring (bicyclic) bond motifs is 1. The van der Waals surface area contributed by atoms with Crippen molar-refractivity contribution < 1.29 is 18.8 Å². The molecular weight excluding hydrogens is 406 g/mol. The highest BCUT2D eigenvalue weighted by molar-refractivity contribution is 6.30. The first-order chi connectivity index (χ1) is 14.5. The van der Waals surface area contributed by atoms with Crippen LogP contribution in [-0.2, 0) is 9.53 Å². The third-order valence-electron chi connectivity index (χ3n) is 4.31. The summed E-state index contributed by atoms with van der Waals surface area (Å²) in [6.45, 7) is 1.24. The first kappa shape index (κ1) is 19.6. The summed E-state index contributed by atoms with van der Waals surface area (Å²) in [5, 5.41) is 7.41. The van der Waals surface area contributed by atoms with Gasteiger partial charge in [-0.2, -0.15) is 0 Å². The zero-order chi connectivity index (χ0) is 21.1. The highest BCUT2D eigenvalue weighted by Crippen LogP contribution is 2.26. The number of benzene rings is 2. The first-order valence-electron chi connectivity index (χ1n) is 9.05. The van der Waals surface area contributed by atoms with Gasteiger partial charge in [-0.25, -0.2) is 9.78 Å². The van der Waals surface area contributed by atoms with Gasteiger partial charge in [0.2, 0.25) is 0 Å². The molecule has 7 nitrogen and oxygen atoms in total. The molecule has 1 amide bonds. The Morgan fingerprint density at radius 3 is 2.60 bits per heavy atom. The number of aromatic nitrogens is 2. The third-order valence-corrected chi connectivity index (χ3v) is 4.56. The minimum absolute atomic E-state index is 0.257. The van der Waals surface area contributed by atoms with E-state index in [1.54, 1.807) is 37.3 Å². The van der Waals surface area contributed by atoms with E-state index in [2.05, 4.69) is 15.5 Å². The fourth-order valence-electron chi connectivity index (χ4n) is 2.93. The molecule has 2 aromatic carbocycles. The molecule has 0 unspecified atom stereocenters. The summed E-state index contributed by atoms with van der Waals surface area (Å²) >= 11 is 5.96. The molecule has 2 heterocycles. The fourth-order valence-corrected chi connectivity index (χ4v) is 3.05. The Morgan fingerprint density at radius 2 is 1.87 bits per heavy atom. The normalized spacial score (nSPS) is 10.7. The standard InChI is InChI=1S/C22H16ClN3O4/c1-13-10-20(26-30-13)25-21(27)12-29-22(28)17-11-19(14-6-8-15(23)9-7-14)24-18-5-3-2-4-16(17)18/h2-11H,12H2,1H3,(H,25,26,27). The summed E-state index contributed by atoms with van der Waals surface area (Å²) < 4.78 is 10.1. The van der Waals surface area contributed by atoms with E-state index in [9.17, 15) is 9.59 Å². The zero-order valence-corrected chi connectivity index (χ0v) is 16.6. The van der Waals surface area contributed by atoms with Gasteiger partial charge in [-0.1, -0.05) is 47.1 Å². The molecule has 4 rings (SSSR count). The Morgan fingerprint density at radius 1 is 1.10 bits per heavy atom. The van der Waals surface area contributed by atoms with Gasteiger partial charge in [-0.05, 0) is 31.2 Å². The SMILES string of the molecule is Cc1cc(NC(=O)COC(=O)c2cc(-c3ccc(Cl)cc3)nc3ccccc23)no1. The van der Waals surface area contributed by atoms with E-state index in [0.717, 1.165) is 5.56 Å². The van der Waals surface area contributed by atoms with Gasteiger partial charge in [0.1, 0.15) is 5.76 Å². The molecule has 30 heavy (non-hydrogen) atoms. The number of hydrogen-bond acceptors (Lipinski definition) is 6. The Bertz CT molecular complexity index is 1230. The second-order valence-corrected chi connectivity index (χ2v) is 6.96. The van der Waals surface area contributed by atoms with Crippen molar-refractivity contribution in [1.82, 2.24) is 10.1 Å². The highest BCUT2D eigenvalue weighted by Gasteiger charge is 2.17. The summed E-state index contributed by atoms with van der Waals surface area (Å²) in [6.07, 6.45) is 0. The molecule has 150 valence electrons. The van der Waals surface area contributed by atoms with Gasteiger partial charge < -0.3 is 14.6 Å². The van der Waals surface area contributed by atoms with Crippen molar-refractivity contribution in [2.75, 3.05) is 11.9 Å². The van der Waals surface area contributed by atoms with Crippen LogP contribution in [0, 0.1) is 6.92 Å². The molecule has 0 saturated heterocycles. The van der Waals surface area contributed by atoms with Crippen molar-refractivity contribution >= 4 is 40.2 Å². The molecule has 1 N–H and O–H groups in total. The predicted molar refractivity (Wildman–Crippen MR) is 112 cm³/mol. The second kappa shape index (κ2) is 8.34. The van der Waals surface area contributed by atoms with E-state index in [0.29, 0.717) is 32.9 Å². The lowest BCUT2D eigenvalue weighted by Gasteiger charge is -2.10. The van der Waals surface area contributed by atoms with Crippen molar-refractivity contribution in [3.8, 4) is 11.3 Å². The number of nitrogens with one attached hydrogen (secondary N) is 1. The zero-order valence-electron chi connectivity index (χ0n) is 15.9. The molecule has 4 aromatic rings. The van der Waals surface area contributed by atoms with Crippen molar-refractivity contribution in [3.63, 3.8) is 0 Å². The monoisotopic (exact) mass is 421 g/mol. The Kier molecular flexibility index (Phi) is 5.45. The lowest BCUT2D eigenvalue weighted by Crippen LogP contribution is -2.21. The van der Waals surface area contributed by atoms with Crippen LogP contribution < -0.4 is 5.32 Å². The topological polar surface area (TPSA) is 94.3 Å². The molecule has 0 fully saturated rings. The summed E-state index contributed by atoms with van der Waals surface area (Å²) in [4.78, 5) is 29.4. The average Bonchev–Trinajstić information content (AvgIpc) is 3.16. The number of pyridine rings is 1. The van der Waals surface area contributed by atoms with Crippen LogP contribution in [0.1, 0.15) is 16.1 Å². The number of rotatable bonds is 5. The number of hydrogen-bond donors (Lipinski definition) is 1. The highest BCUT2D eigenvalue weighted by atomic mass is 35.5. The largest absolute Gasteiger partial charge is 0.452 e. The summed E-state index contributed by atoms with van der Waals surface area (Å²) in [5.41, 5.74) is 2.35. The predicted octanol–water partition coefficient (Wildman–Crippen LogP) is 4.65. The van der Waals surface area contributed by atoms with Crippen molar-refractivity contribution in [2.24, 2.45) is 0 Å². The molecule has 0 saturated carbocycles. The average molecular weight is 422 g/mol. The lowest BCUT2D eigenvalue weighted by molar-refractivity contribution is -0.119. The molecule has 0 bridgehead atoms. The summed E-state index contributed by atoms with van der Waals surface area (Å²) in [6, 6.07) is 17.6. The summed E-state index contributed by atoms with van der Waals surface area (Å²) in [7, 11) is 0. The van der Waals surface area contributed by atoms with E-state index < -0.39 is 18.5 Å². The van der Waals surface area contributed by atoms with Gasteiger partial charge in [0.15, 0.2) is 12.4 Å². The molecule has 0 aliphatic heterocycles. The van der Waals surface area contributed by atoms with Gasteiger partial charge in [-0.15, -0.1) is 0 Å². The smallest absolute Gasteiger partial charge is 0.339 e. The fraction of sp³-hybridized carbons (Fsp3) is 0.0909. The second-order valence-electron chi connectivity index (χ2n) is 6.53. The Hall–Kier alpha value is -3.71.